The van der Waals surface area contributed by atoms with Crippen molar-refractivity contribution in [3.63, 3.8) is 0 Å². The number of amides is 1. The summed E-state index contributed by atoms with van der Waals surface area (Å²) in [5.74, 6) is -0.307. The Balaban J connectivity index is 1.74. The van der Waals surface area contributed by atoms with Gasteiger partial charge in [0.05, 0.1) is 31.2 Å². The molecule has 0 saturated heterocycles. The van der Waals surface area contributed by atoms with E-state index in [1.165, 1.54) is 16.8 Å². The monoisotopic (exact) mass is 820 g/mol. The lowest BCUT2D eigenvalue weighted by Crippen LogP contribution is -2.36. The number of ether oxygens (including phenoxy) is 1. The summed E-state index contributed by atoms with van der Waals surface area (Å²) in [6.45, 7) is 13.4. The molecule has 3 aromatic carbocycles. The molecule has 54 heavy (non-hydrogen) atoms. The Bertz CT molecular complexity index is 2290. The summed E-state index contributed by atoms with van der Waals surface area (Å²) in [6, 6.07) is 13.0. The number of azo groups is 1. The first-order valence-electron chi connectivity index (χ1n) is 16.1. The van der Waals surface area contributed by atoms with E-state index in [0.29, 0.717) is 35.2 Å². The van der Waals surface area contributed by atoms with Gasteiger partial charge in [-0.3, -0.25) is 13.9 Å². The summed E-state index contributed by atoms with van der Waals surface area (Å²) in [7, 11) is -9.70. The molecular formula is C34H38Cl2N8O8S2. The summed E-state index contributed by atoms with van der Waals surface area (Å²) in [4.78, 5) is 12.1. The van der Waals surface area contributed by atoms with Crippen LogP contribution in [0.3, 0.4) is 0 Å². The van der Waals surface area contributed by atoms with Crippen LogP contribution in [0.25, 0.3) is 5.69 Å². The van der Waals surface area contributed by atoms with Gasteiger partial charge in [-0.1, -0.05) is 44.0 Å². The molecule has 16 nitrogen and oxygen atoms in total. The Hall–Kier alpha value is -4.77. The molecule has 0 saturated carbocycles. The highest BCUT2D eigenvalue weighted by atomic mass is 35.5. The van der Waals surface area contributed by atoms with E-state index in [4.69, 9.17) is 27.9 Å². The number of hydrogen-bond donors (Lipinski definition) is 4. The molecule has 0 fully saturated rings. The molecule has 4 rings (SSSR count). The van der Waals surface area contributed by atoms with Crippen molar-refractivity contribution in [2.75, 3.05) is 22.3 Å². The Labute approximate surface area is 323 Å². The fourth-order valence-electron chi connectivity index (χ4n) is 5.53. The molecule has 288 valence electrons. The number of benzene rings is 3. The zero-order chi connectivity index (χ0) is 40.3. The first-order chi connectivity index (χ1) is 25.1. The third kappa shape index (κ3) is 9.66. The van der Waals surface area contributed by atoms with E-state index >= 15 is 0 Å². The second kappa shape index (κ2) is 16.3. The van der Waals surface area contributed by atoms with Crippen molar-refractivity contribution in [3.05, 3.63) is 69.8 Å². The third-order valence-electron chi connectivity index (χ3n) is 7.73. The van der Waals surface area contributed by atoms with Gasteiger partial charge in [0.1, 0.15) is 28.8 Å². The van der Waals surface area contributed by atoms with Crippen LogP contribution in [0, 0.1) is 11.3 Å². The van der Waals surface area contributed by atoms with Crippen LogP contribution in [0.1, 0.15) is 59.7 Å². The van der Waals surface area contributed by atoms with Gasteiger partial charge in [-0.05, 0) is 64.1 Å². The summed E-state index contributed by atoms with van der Waals surface area (Å²) in [6.07, 6.45) is 0.531. The van der Waals surface area contributed by atoms with Gasteiger partial charge in [-0.15, -0.1) is 10.2 Å². The average Bonchev–Trinajstić information content (AvgIpc) is 3.41. The van der Waals surface area contributed by atoms with Gasteiger partial charge in [-0.25, -0.2) is 4.68 Å². The van der Waals surface area contributed by atoms with Gasteiger partial charge in [0.25, 0.3) is 20.2 Å². The largest absolute Gasteiger partial charge is 0.473 e. The molecule has 0 radical (unpaired) electrons. The zero-order valence-corrected chi connectivity index (χ0v) is 33.3. The maximum absolute atomic E-state index is 11.7. The SMILES string of the molecule is CC(C)N(c1ccc(N=Nc2c(C#N)c(C(C)(C)C)nn2-c2c(Cl)cc(NCOc3cc(S(=O)(=O)O)cc(S(=O)(=O)O)c3)cc2Cl)c(NC=O)c1)C(C)C. The van der Waals surface area contributed by atoms with E-state index in [2.05, 4.69) is 64.6 Å². The summed E-state index contributed by atoms with van der Waals surface area (Å²) < 4.78 is 72.2. The molecule has 1 heterocycles. The fourth-order valence-corrected chi connectivity index (χ4v) is 7.33. The summed E-state index contributed by atoms with van der Waals surface area (Å²) >= 11 is 13.5. The Morgan fingerprint density at radius 1 is 0.963 bits per heavy atom. The van der Waals surface area contributed by atoms with E-state index in [1.807, 2.05) is 26.8 Å². The summed E-state index contributed by atoms with van der Waals surface area (Å²) in [5.41, 5.74) is 1.83. The van der Waals surface area contributed by atoms with E-state index in [1.54, 1.807) is 12.1 Å². The van der Waals surface area contributed by atoms with Crippen LogP contribution in [-0.4, -0.2) is 60.9 Å². The lowest BCUT2D eigenvalue weighted by Gasteiger charge is -2.33. The van der Waals surface area contributed by atoms with Crippen molar-refractivity contribution < 1.29 is 35.5 Å². The van der Waals surface area contributed by atoms with Gasteiger partial charge in [0, 0.05) is 41.0 Å². The number of nitrogens with zero attached hydrogens (tertiary/aromatic N) is 6. The topological polar surface area (TPSA) is 229 Å². The number of nitriles is 1. The highest BCUT2D eigenvalue weighted by molar-refractivity contribution is 7.86. The van der Waals surface area contributed by atoms with E-state index < -0.39 is 35.4 Å². The highest BCUT2D eigenvalue weighted by Crippen LogP contribution is 2.40. The standard InChI is InChI=1S/C34H38Cl2N8O8S2/c1-19(2)43(20(3)4)22-8-9-29(30(12-22)38-17-45)40-41-33-26(16-37)32(34(5,6)7)42-44(33)31-27(35)10-21(11-28(31)36)39-18-52-23-13-24(53(46,47)48)15-25(14-23)54(49,50)51/h8-15,17,19-20,39H,18H2,1-7H3,(H,38,45)(H,46,47,48)(H,49,50,51). The van der Waals surface area contributed by atoms with Crippen LogP contribution in [-0.2, 0) is 30.4 Å². The van der Waals surface area contributed by atoms with E-state index in [0.717, 1.165) is 17.8 Å². The maximum Gasteiger partial charge on any atom is 0.294 e. The van der Waals surface area contributed by atoms with Crippen molar-refractivity contribution in [2.24, 2.45) is 10.2 Å². The first kappa shape index (κ1) is 42.0. The Kier molecular flexibility index (Phi) is 12.7. The number of aromatic nitrogens is 2. The number of halogens is 2. The van der Waals surface area contributed by atoms with Crippen molar-refractivity contribution in [1.29, 1.82) is 5.26 Å². The van der Waals surface area contributed by atoms with Crippen LogP contribution in [0.5, 0.6) is 5.75 Å². The molecule has 1 aromatic heterocycles. The Morgan fingerprint density at radius 2 is 1.54 bits per heavy atom. The van der Waals surface area contributed by atoms with Crippen molar-refractivity contribution in [3.8, 4) is 17.5 Å². The van der Waals surface area contributed by atoms with Crippen molar-refractivity contribution in [1.82, 2.24) is 9.78 Å². The maximum atomic E-state index is 11.7. The minimum absolute atomic E-state index is 0.00995. The number of carbonyl (C=O) groups is 1. The number of rotatable bonds is 14. The minimum atomic E-state index is -4.85. The molecule has 0 spiro atoms. The molecule has 0 aliphatic heterocycles. The second-order valence-electron chi connectivity index (χ2n) is 13.4. The molecule has 4 N–H and O–H groups in total. The first-order valence-corrected chi connectivity index (χ1v) is 19.7. The molecule has 0 aliphatic carbocycles. The van der Waals surface area contributed by atoms with E-state index in [-0.39, 0.29) is 51.7 Å². The molecule has 20 heteroatoms. The fraction of sp³-hybridized carbons (Fsp3) is 0.324. The zero-order valence-electron chi connectivity index (χ0n) is 30.2. The average molecular weight is 822 g/mol. The van der Waals surface area contributed by atoms with Gasteiger partial charge in [0.2, 0.25) is 6.41 Å². The van der Waals surface area contributed by atoms with Crippen molar-refractivity contribution in [2.45, 2.75) is 75.8 Å². The predicted molar refractivity (Wildman–Crippen MR) is 205 cm³/mol. The molecule has 4 aromatic rings. The van der Waals surface area contributed by atoms with Crippen LogP contribution in [0.4, 0.5) is 28.6 Å². The molecule has 0 unspecified atom stereocenters. The number of nitrogens with one attached hydrogen (secondary N) is 2. The van der Waals surface area contributed by atoms with Crippen LogP contribution in [0.15, 0.2) is 68.6 Å². The van der Waals surface area contributed by atoms with Crippen LogP contribution in [0.2, 0.25) is 10.0 Å². The smallest absolute Gasteiger partial charge is 0.294 e. The Morgan fingerprint density at radius 3 is 2.02 bits per heavy atom. The number of carbonyl (C=O) groups excluding carboxylic acids is 1. The minimum Gasteiger partial charge on any atom is -0.473 e. The lowest BCUT2D eigenvalue weighted by molar-refractivity contribution is -0.105. The lowest BCUT2D eigenvalue weighted by atomic mass is 9.90. The van der Waals surface area contributed by atoms with Gasteiger partial charge >= 0.3 is 0 Å². The molecule has 0 bridgehead atoms. The molecule has 0 aliphatic rings. The molecule has 0 atom stereocenters. The molecule has 1 amide bonds. The third-order valence-corrected chi connectivity index (χ3v) is 9.97. The van der Waals surface area contributed by atoms with E-state index in [9.17, 15) is 36.0 Å². The summed E-state index contributed by atoms with van der Waals surface area (Å²) in [5, 5.41) is 29.5. The van der Waals surface area contributed by atoms with Crippen LogP contribution >= 0.6 is 23.2 Å². The van der Waals surface area contributed by atoms with Gasteiger partial charge < -0.3 is 20.3 Å². The predicted octanol–water partition coefficient (Wildman–Crippen LogP) is 7.90. The number of hydrogen-bond acceptors (Lipinski definition) is 12. The van der Waals surface area contributed by atoms with Crippen LogP contribution < -0.4 is 20.3 Å². The quantitative estimate of drug-likeness (QED) is 0.0412. The van der Waals surface area contributed by atoms with Gasteiger partial charge in [-0.2, -0.15) is 27.2 Å². The normalized spacial score (nSPS) is 12.3. The molecular weight excluding hydrogens is 783 g/mol. The highest BCUT2D eigenvalue weighted by Gasteiger charge is 2.30. The van der Waals surface area contributed by atoms with Crippen molar-refractivity contribution >= 4 is 78.4 Å². The number of anilines is 3. The van der Waals surface area contributed by atoms with Gasteiger partial charge in [0.15, 0.2) is 12.5 Å². The second-order valence-corrected chi connectivity index (χ2v) is 17.1.